The Bertz CT molecular complexity index is 1070. The summed E-state index contributed by atoms with van der Waals surface area (Å²) in [6.45, 7) is 1.23. The first-order valence-electron chi connectivity index (χ1n) is 9.16. The van der Waals surface area contributed by atoms with Crippen molar-refractivity contribution in [3.8, 4) is 5.75 Å². The van der Waals surface area contributed by atoms with Crippen molar-refractivity contribution >= 4 is 49.9 Å². The summed E-state index contributed by atoms with van der Waals surface area (Å²) in [5.41, 5.74) is 0.879. The lowest BCUT2D eigenvalue weighted by atomic mass is 10.2. The Balaban J connectivity index is 1.99. The first kappa shape index (κ1) is 21.9. The third-order valence-electron chi connectivity index (χ3n) is 4.46. The van der Waals surface area contributed by atoms with Gasteiger partial charge in [0.15, 0.2) is 5.13 Å². The predicted molar refractivity (Wildman–Crippen MR) is 119 cm³/mol. The molecule has 0 aliphatic heterocycles. The molecule has 1 aromatic heterocycles. The highest BCUT2D eigenvalue weighted by atomic mass is 35.5. The zero-order valence-electron chi connectivity index (χ0n) is 16.8. The van der Waals surface area contributed by atoms with Crippen LogP contribution in [-0.4, -0.2) is 55.0 Å². The fraction of sp³-hybridized carbons (Fsp3) is 0.300. The number of benzene rings is 2. The Hall–Kier alpha value is -2.75. The van der Waals surface area contributed by atoms with Gasteiger partial charge in [-0.3, -0.25) is 19.8 Å². The molecule has 0 atom stereocenters. The molecule has 2 aromatic carbocycles. The van der Waals surface area contributed by atoms with Crippen molar-refractivity contribution in [3.05, 3.63) is 57.1 Å². The molecule has 0 aliphatic carbocycles. The molecule has 158 valence electrons. The number of thiazole rings is 1. The lowest BCUT2D eigenvalue weighted by molar-refractivity contribution is -0.384. The molecular formula is C20H21ClN4O4S. The van der Waals surface area contributed by atoms with Gasteiger partial charge >= 0.3 is 0 Å². The molecule has 0 bridgehead atoms. The number of carbonyl (C=O) groups excluding carboxylic acids is 1. The zero-order chi connectivity index (χ0) is 21.8. The first-order valence-corrected chi connectivity index (χ1v) is 10.4. The van der Waals surface area contributed by atoms with Gasteiger partial charge in [-0.2, -0.15) is 0 Å². The summed E-state index contributed by atoms with van der Waals surface area (Å²) in [6, 6.07) is 9.04. The number of aromatic nitrogens is 1. The van der Waals surface area contributed by atoms with Crippen LogP contribution in [0.3, 0.4) is 0 Å². The number of hydrogen-bond acceptors (Lipinski definition) is 7. The van der Waals surface area contributed by atoms with E-state index in [1.54, 1.807) is 24.1 Å². The number of carbonyl (C=O) groups is 1. The van der Waals surface area contributed by atoms with Crippen molar-refractivity contribution in [2.45, 2.75) is 6.42 Å². The number of halogens is 1. The number of hydrogen-bond donors (Lipinski definition) is 0. The van der Waals surface area contributed by atoms with Crippen molar-refractivity contribution in [1.82, 2.24) is 9.88 Å². The number of methoxy groups -OCH3 is 1. The monoisotopic (exact) mass is 448 g/mol. The van der Waals surface area contributed by atoms with E-state index >= 15 is 0 Å². The Morgan fingerprint density at radius 2 is 1.90 bits per heavy atom. The molecule has 30 heavy (non-hydrogen) atoms. The Labute approximate surface area is 182 Å². The fourth-order valence-corrected chi connectivity index (χ4v) is 4.21. The van der Waals surface area contributed by atoms with E-state index in [2.05, 4.69) is 4.98 Å². The molecule has 0 saturated heterocycles. The van der Waals surface area contributed by atoms with Crippen LogP contribution in [0.4, 0.5) is 10.8 Å². The average Bonchev–Trinajstić information content (AvgIpc) is 3.17. The normalized spacial score (nSPS) is 11.1. The third-order valence-corrected chi connectivity index (χ3v) is 5.99. The summed E-state index contributed by atoms with van der Waals surface area (Å²) in [5, 5.41) is 11.9. The first-order chi connectivity index (χ1) is 14.3. The topological polar surface area (TPSA) is 88.8 Å². The third kappa shape index (κ3) is 4.69. The summed E-state index contributed by atoms with van der Waals surface area (Å²) in [7, 11) is 5.48. The van der Waals surface area contributed by atoms with Gasteiger partial charge in [0.25, 0.3) is 11.6 Å². The van der Waals surface area contributed by atoms with Crippen LogP contribution in [0.15, 0.2) is 36.4 Å². The van der Waals surface area contributed by atoms with Gasteiger partial charge in [-0.15, -0.1) is 0 Å². The standard InChI is InChI=1S/C20H21ClN4O4S/c1-23(2)11-4-12-24(19(26)13-5-7-14(8-6-13)25(27)28)20-22-17-16(29-3)10-9-15(21)18(17)30-20/h5-10H,4,11-12H2,1-3H3. The summed E-state index contributed by atoms with van der Waals surface area (Å²) in [4.78, 5) is 31.9. The number of amides is 1. The van der Waals surface area contributed by atoms with Crippen molar-refractivity contribution in [1.29, 1.82) is 0 Å². The van der Waals surface area contributed by atoms with Crippen LogP contribution < -0.4 is 9.64 Å². The summed E-state index contributed by atoms with van der Waals surface area (Å²) in [5.74, 6) is 0.297. The number of nitro groups is 1. The molecule has 0 saturated carbocycles. The maximum Gasteiger partial charge on any atom is 0.269 e. The van der Waals surface area contributed by atoms with Crippen molar-refractivity contribution in [3.63, 3.8) is 0 Å². The quantitative estimate of drug-likeness (QED) is 0.373. The smallest absolute Gasteiger partial charge is 0.269 e. The molecule has 1 amide bonds. The maximum absolute atomic E-state index is 13.3. The van der Waals surface area contributed by atoms with Gasteiger partial charge in [0.05, 0.1) is 21.8 Å². The Kier molecular flexibility index (Phi) is 6.86. The van der Waals surface area contributed by atoms with Gasteiger partial charge in [-0.1, -0.05) is 22.9 Å². The van der Waals surface area contributed by atoms with E-state index in [-0.39, 0.29) is 11.6 Å². The number of ether oxygens (including phenoxy) is 1. The van der Waals surface area contributed by atoms with Gasteiger partial charge in [-0.05, 0) is 51.3 Å². The molecule has 0 aliphatic rings. The minimum atomic E-state index is -0.495. The molecular weight excluding hydrogens is 428 g/mol. The molecule has 8 nitrogen and oxygen atoms in total. The highest BCUT2D eigenvalue weighted by molar-refractivity contribution is 7.23. The number of rotatable bonds is 8. The van der Waals surface area contributed by atoms with Crippen LogP contribution in [0.2, 0.25) is 5.02 Å². The number of nitro benzene ring substituents is 1. The number of nitrogens with zero attached hydrogens (tertiary/aromatic N) is 4. The zero-order valence-corrected chi connectivity index (χ0v) is 18.4. The van der Waals surface area contributed by atoms with E-state index < -0.39 is 4.92 Å². The van der Waals surface area contributed by atoms with Crippen LogP contribution in [0.25, 0.3) is 10.2 Å². The van der Waals surface area contributed by atoms with Crippen LogP contribution in [0.5, 0.6) is 5.75 Å². The van der Waals surface area contributed by atoms with Gasteiger partial charge in [0, 0.05) is 24.2 Å². The van der Waals surface area contributed by atoms with E-state index in [1.807, 2.05) is 19.0 Å². The molecule has 1 heterocycles. The summed E-state index contributed by atoms with van der Waals surface area (Å²) in [6.07, 6.45) is 0.729. The molecule has 0 N–H and O–H groups in total. The minimum Gasteiger partial charge on any atom is -0.494 e. The lowest BCUT2D eigenvalue weighted by Gasteiger charge is -2.21. The van der Waals surface area contributed by atoms with Crippen molar-refractivity contribution in [2.24, 2.45) is 0 Å². The van der Waals surface area contributed by atoms with E-state index in [1.165, 1.54) is 35.6 Å². The second kappa shape index (κ2) is 9.38. The van der Waals surface area contributed by atoms with E-state index in [9.17, 15) is 14.9 Å². The predicted octanol–water partition coefficient (Wildman–Crippen LogP) is 4.47. The van der Waals surface area contributed by atoms with Gasteiger partial charge < -0.3 is 9.64 Å². The SMILES string of the molecule is COc1ccc(Cl)c2sc(N(CCCN(C)C)C(=O)c3ccc([N+](=O)[O-])cc3)nc12. The second-order valence-corrected chi connectivity index (χ2v) is 8.23. The lowest BCUT2D eigenvalue weighted by Crippen LogP contribution is -2.33. The van der Waals surface area contributed by atoms with Crippen molar-refractivity contribution < 1.29 is 14.5 Å². The minimum absolute atomic E-state index is 0.0674. The van der Waals surface area contributed by atoms with Crippen LogP contribution in [-0.2, 0) is 0 Å². The average molecular weight is 449 g/mol. The number of anilines is 1. The molecule has 0 spiro atoms. The molecule has 0 radical (unpaired) electrons. The van der Waals surface area contributed by atoms with Crippen LogP contribution in [0.1, 0.15) is 16.8 Å². The van der Waals surface area contributed by atoms with Gasteiger partial charge in [0.2, 0.25) is 0 Å². The van der Waals surface area contributed by atoms with E-state index in [4.69, 9.17) is 16.3 Å². The summed E-state index contributed by atoms with van der Waals surface area (Å²) < 4.78 is 6.12. The van der Waals surface area contributed by atoms with Gasteiger partial charge in [-0.25, -0.2) is 4.98 Å². The summed E-state index contributed by atoms with van der Waals surface area (Å²) >= 11 is 7.65. The molecule has 3 aromatic rings. The molecule has 10 heteroatoms. The number of fused-ring (bicyclic) bond motifs is 1. The van der Waals surface area contributed by atoms with Crippen molar-refractivity contribution in [2.75, 3.05) is 39.2 Å². The largest absolute Gasteiger partial charge is 0.494 e. The fourth-order valence-electron chi connectivity index (χ4n) is 2.93. The molecule has 0 unspecified atom stereocenters. The molecule has 0 fully saturated rings. The molecule has 3 rings (SSSR count). The highest BCUT2D eigenvalue weighted by Crippen LogP contribution is 2.39. The van der Waals surface area contributed by atoms with Gasteiger partial charge in [0.1, 0.15) is 11.3 Å². The highest BCUT2D eigenvalue weighted by Gasteiger charge is 2.23. The van der Waals surface area contributed by atoms with Crippen LogP contribution >= 0.6 is 22.9 Å². The van der Waals surface area contributed by atoms with E-state index in [0.29, 0.717) is 33.5 Å². The van der Waals surface area contributed by atoms with Crippen LogP contribution in [0, 0.1) is 10.1 Å². The van der Waals surface area contributed by atoms with E-state index in [0.717, 1.165) is 17.7 Å². The maximum atomic E-state index is 13.3. The number of non-ortho nitro benzene ring substituents is 1. The Morgan fingerprint density at radius 1 is 1.20 bits per heavy atom. The Morgan fingerprint density at radius 3 is 2.50 bits per heavy atom. The second-order valence-electron chi connectivity index (χ2n) is 6.84.